The van der Waals surface area contributed by atoms with Gasteiger partial charge < -0.3 is 14.4 Å². The highest BCUT2D eigenvalue weighted by Gasteiger charge is 2.32. The van der Waals surface area contributed by atoms with Crippen LogP contribution in [0, 0.1) is 0 Å². The number of hydrogen-bond acceptors (Lipinski definition) is 4. The molecule has 0 saturated carbocycles. The monoisotopic (exact) mass is 474 g/mol. The summed E-state index contributed by atoms with van der Waals surface area (Å²) in [5, 5.41) is 8.97. The first-order chi connectivity index (χ1) is 16.7. The van der Waals surface area contributed by atoms with E-state index >= 15 is 4.57 Å². The van der Waals surface area contributed by atoms with Crippen LogP contribution in [0.1, 0.15) is 12.8 Å². The molecule has 1 N–H and O–H groups in total. The topological polar surface area (TPSA) is 50.8 Å². The maximum Gasteiger partial charge on any atom is 0.205 e. The summed E-state index contributed by atoms with van der Waals surface area (Å²) < 4.78 is 26.4. The standard InChI is InChI=1S/C28H31N2O3P/c1-32-25-13-15-27(23-11-5-3-9-21(23)25)34(31,29-17-20-30-18-7-8-19-30)28-16-14-26(33-2)22-10-4-6-12-24(22)28/h3-6,9-16H,7-8,17-20H2,1-2H3,(H,29,31). The van der Waals surface area contributed by atoms with Crippen molar-refractivity contribution < 1.29 is 14.0 Å². The van der Waals surface area contributed by atoms with Gasteiger partial charge in [0, 0.05) is 34.5 Å². The average molecular weight is 475 g/mol. The van der Waals surface area contributed by atoms with Crippen LogP contribution in [0.5, 0.6) is 11.5 Å². The summed E-state index contributed by atoms with van der Waals surface area (Å²) in [5.74, 6) is 1.56. The van der Waals surface area contributed by atoms with Gasteiger partial charge in [0.05, 0.1) is 14.2 Å². The van der Waals surface area contributed by atoms with Gasteiger partial charge in [-0.3, -0.25) is 9.65 Å². The minimum absolute atomic E-state index is 0.651. The molecule has 1 aliphatic rings. The lowest BCUT2D eigenvalue weighted by Gasteiger charge is -2.26. The maximum absolute atomic E-state index is 15.2. The molecule has 4 aromatic carbocycles. The molecular formula is C28H31N2O3P. The van der Waals surface area contributed by atoms with Crippen LogP contribution in [0.4, 0.5) is 0 Å². The third-order valence-corrected chi connectivity index (χ3v) is 9.61. The number of nitrogens with zero attached hydrogens (tertiary/aromatic N) is 1. The van der Waals surface area contributed by atoms with Crippen molar-refractivity contribution in [3.05, 3.63) is 72.8 Å². The number of nitrogens with one attached hydrogen (secondary N) is 1. The summed E-state index contributed by atoms with van der Waals surface area (Å²) in [6.07, 6.45) is 2.48. The Hall–Kier alpha value is -2.85. The third-order valence-electron chi connectivity index (χ3n) is 6.80. The summed E-state index contributed by atoms with van der Waals surface area (Å²) in [6.45, 7) is 3.76. The van der Waals surface area contributed by atoms with Crippen molar-refractivity contribution in [2.24, 2.45) is 0 Å². The smallest absolute Gasteiger partial charge is 0.205 e. The summed E-state index contributed by atoms with van der Waals surface area (Å²) in [6, 6.07) is 23.9. The first-order valence-electron chi connectivity index (χ1n) is 11.9. The molecule has 1 saturated heterocycles. The van der Waals surface area contributed by atoms with Gasteiger partial charge in [0.1, 0.15) is 11.5 Å². The number of benzene rings is 4. The van der Waals surface area contributed by atoms with E-state index in [1.165, 1.54) is 12.8 Å². The SMILES string of the molecule is COc1ccc(P(=O)(NCCN2CCCC2)c2ccc(OC)c3ccccc23)c2ccccc12. The Labute approximate surface area is 201 Å². The fourth-order valence-corrected chi connectivity index (χ4v) is 7.74. The second kappa shape index (κ2) is 9.79. The molecule has 0 unspecified atom stereocenters. The van der Waals surface area contributed by atoms with Gasteiger partial charge in [-0.05, 0) is 61.0 Å². The Morgan fingerprint density at radius 2 is 1.21 bits per heavy atom. The van der Waals surface area contributed by atoms with Crippen molar-refractivity contribution in [1.82, 2.24) is 9.99 Å². The number of rotatable bonds is 8. The van der Waals surface area contributed by atoms with Crippen molar-refractivity contribution in [2.45, 2.75) is 12.8 Å². The van der Waals surface area contributed by atoms with Crippen LogP contribution in [-0.4, -0.2) is 45.3 Å². The van der Waals surface area contributed by atoms with Gasteiger partial charge in [-0.2, -0.15) is 0 Å². The minimum atomic E-state index is -3.22. The molecule has 1 aliphatic heterocycles. The van der Waals surface area contributed by atoms with Gasteiger partial charge in [0.2, 0.25) is 7.29 Å². The zero-order valence-corrected chi connectivity index (χ0v) is 20.7. The van der Waals surface area contributed by atoms with Gasteiger partial charge in [-0.1, -0.05) is 48.5 Å². The van der Waals surface area contributed by atoms with Gasteiger partial charge >= 0.3 is 0 Å². The van der Waals surface area contributed by atoms with Crippen molar-refractivity contribution in [3.63, 3.8) is 0 Å². The Morgan fingerprint density at radius 1 is 0.735 bits per heavy atom. The van der Waals surface area contributed by atoms with Crippen LogP contribution in [0.15, 0.2) is 72.8 Å². The van der Waals surface area contributed by atoms with Crippen molar-refractivity contribution >= 4 is 39.4 Å². The predicted octanol–water partition coefficient (Wildman–Crippen LogP) is 4.92. The van der Waals surface area contributed by atoms with Crippen molar-refractivity contribution in [3.8, 4) is 11.5 Å². The summed E-state index contributed by atoms with van der Waals surface area (Å²) >= 11 is 0. The van der Waals surface area contributed by atoms with Crippen LogP contribution >= 0.6 is 7.29 Å². The lowest BCUT2D eigenvalue weighted by molar-refractivity contribution is 0.344. The molecular weight excluding hydrogens is 443 g/mol. The molecule has 0 aromatic heterocycles. The highest BCUT2D eigenvalue weighted by molar-refractivity contribution is 7.77. The van der Waals surface area contributed by atoms with Gasteiger partial charge in [0.15, 0.2) is 0 Å². The minimum Gasteiger partial charge on any atom is -0.496 e. The largest absolute Gasteiger partial charge is 0.496 e. The summed E-state index contributed by atoms with van der Waals surface area (Å²) in [5.41, 5.74) is 0. The third kappa shape index (κ3) is 4.09. The molecule has 0 amide bonds. The molecule has 5 rings (SSSR count). The van der Waals surface area contributed by atoms with Gasteiger partial charge in [-0.25, -0.2) is 0 Å². The first kappa shape index (κ1) is 22.9. The van der Waals surface area contributed by atoms with E-state index in [0.29, 0.717) is 6.54 Å². The summed E-state index contributed by atoms with van der Waals surface area (Å²) in [7, 11) is 0.126. The van der Waals surface area contributed by atoms with Gasteiger partial charge in [0.25, 0.3) is 0 Å². The van der Waals surface area contributed by atoms with E-state index in [9.17, 15) is 0 Å². The van der Waals surface area contributed by atoms with E-state index in [2.05, 4.69) is 9.99 Å². The molecule has 0 atom stereocenters. The molecule has 0 spiro atoms. The Bertz CT molecular complexity index is 1270. The zero-order valence-electron chi connectivity index (χ0n) is 19.8. The van der Waals surface area contributed by atoms with E-state index in [0.717, 1.165) is 63.3 Å². The molecule has 1 fully saturated rings. The number of likely N-dealkylation sites (tertiary alicyclic amines) is 1. The van der Waals surface area contributed by atoms with E-state index in [1.807, 2.05) is 72.8 Å². The van der Waals surface area contributed by atoms with E-state index in [1.54, 1.807) is 14.2 Å². The second-order valence-corrected chi connectivity index (χ2v) is 11.2. The van der Waals surface area contributed by atoms with Crippen LogP contribution < -0.4 is 25.2 Å². The summed E-state index contributed by atoms with van der Waals surface area (Å²) in [4.78, 5) is 2.44. The van der Waals surface area contributed by atoms with Crippen LogP contribution in [0.3, 0.4) is 0 Å². The quantitative estimate of drug-likeness (QED) is 0.367. The molecule has 34 heavy (non-hydrogen) atoms. The van der Waals surface area contributed by atoms with Gasteiger partial charge in [-0.15, -0.1) is 0 Å². The average Bonchev–Trinajstić information content (AvgIpc) is 3.40. The van der Waals surface area contributed by atoms with E-state index in [-0.39, 0.29) is 0 Å². The fraction of sp³-hybridized carbons (Fsp3) is 0.286. The van der Waals surface area contributed by atoms with Crippen LogP contribution in [0.25, 0.3) is 21.5 Å². The fourth-order valence-electron chi connectivity index (χ4n) is 5.09. The van der Waals surface area contributed by atoms with E-state index in [4.69, 9.17) is 9.47 Å². The highest BCUT2D eigenvalue weighted by Crippen LogP contribution is 2.45. The second-order valence-electron chi connectivity index (χ2n) is 8.73. The Balaban J connectivity index is 1.69. The Kier molecular flexibility index (Phi) is 6.60. The molecule has 0 aliphatic carbocycles. The highest BCUT2D eigenvalue weighted by atomic mass is 31.2. The van der Waals surface area contributed by atoms with Crippen molar-refractivity contribution in [2.75, 3.05) is 40.4 Å². The number of fused-ring (bicyclic) bond motifs is 2. The maximum atomic E-state index is 15.2. The first-order valence-corrected chi connectivity index (χ1v) is 13.6. The van der Waals surface area contributed by atoms with Crippen molar-refractivity contribution in [1.29, 1.82) is 0 Å². The predicted molar refractivity (Wildman–Crippen MR) is 142 cm³/mol. The molecule has 1 heterocycles. The molecule has 176 valence electrons. The number of ether oxygens (including phenoxy) is 2. The number of methoxy groups -OCH3 is 2. The van der Waals surface area contributed by atoms with E-state index < -0.39 is 7.29 Å². The van der Waals surface area contributed by atoms with Crippen LogP contribution in [0.2, 0.25) is 0 Å². The lowest BCUT2D eigenvalue weighted by Crippen LogP contribution is -2.34. The normalized spacial score (nSPS) is 14.6. The molecule has 4 aromatic rings. The molecule has 0 bridgehead atoms. The Morgan fingerprint density at radius 3 is 1.68 bits per heavy atom. The molecule has 0 radical (unpaired) electrons. The number of hydrogen-bond donors (Lipinski definition) is 1. The zero-order chi connectivity index (χ0) is 23.5. The lowest BCUT2D eigenvalue weighted by atomic mass is 10.1. The van der Waals surface area contributed by atoms with Crippen LogP contribution in [-0.2, 0) is 4.57 Å². The molecule has 6 heteroatoms. The molecule has 5 nitrogen and oxygen atoms in total.